The molecule has 1 aliphatic rings. The van der Waals surface area contributed by atoms with E-state index in [0.717, 1.165) is 0 Å². The highest BCUT2D eigenvalue weighted by Gasteiger charge is 2.32. The third-order valence-corrected chi connectivity index (χ3v) is 2.56. The van der Waals surface area contributed by atoms with Crippen LogP contribution in [0.25, 0.3) is 0 Å². The van der Waals surface area contributed by atoms with Gasteiger partial charge in [-0.05, 0) is 6.92 Å². The number of rotatable bonds is 4. The highest BCUT2D eigenvalue weighted by molar-refractivity contribution is 6.35. The number of likely N-dealkylation sites (N-methyl/N-ethyl adjacent to an activating group) is 1. The molecule has 7 nitrogen and oxygen atoms in total. The van der Waals surface area contributed by atoms with Gasteiger partial charge < -0.3 is 21.3 Å². The standard InChI is InChI=1S/C9H16N4O3/c1-2-12-3-4-13(9(16)8(12)15)5-6(10)7(11)14/h6H,2-5,10H2,1H3,(H2,11,14). The molecule has 0 aromatic rings. The van der Waals surface area contributed by atoms with Gasteiger partial charge in [0.1, 0.15) is 6.04 Å². The van der Waals surface area contributed by atoms with Crippen LogP contribution >= 0.6 is 0 Å². The Morgan fingerprint density at radius 2 is 1.81 bits per heavy atom. The van der Waals surface area contributed by atoms with Crippen molar-refractivity contribution in [2.45, 2.75) is 13.0 Å². The normalized spacial score (nSPS) is 18.9. The topological polar surface area (TPSA) is 110 Å². The number of primary amides is 1. The molecule has 0 aliphatic carbocycles. The summed E-state index contributed by atoms with van der Waals surface area (Å²) in [7, 11) is 0. The molecule has 0 bridgehead atoms. The molecule has 7 heteroatoms. The van der Waals surface area contributed by atoms with Gasteiger partial charge in [-0.3, -0.25) is 14.4 Å². The van der Waals surface area contributed by atoms with Crippen molar-refractivity contribution in [3.63, 3.8) is 0 Å². The summed E-state index contributed by atoms with van der Waals surface area (Å²) >= 11 is 0. The van der Waals surface area contributed by atoms with Crippen LogP contribution in [-0.2, 0) is 14.4 Å². The highest BCUT2D eigenvalue weighted by Crippen LogP contribution is 2.04. The summed E-state index contributed by atoms with van der Waals surface area (Å²) in [6.07, 6.45) is 0. The van der Waals surface area contributed by atoms with Crippen LogP contribution in [0.5, 0.6) is 0 Å². The van der Waals surface area contributed by atoms with Gasteiger partial charge in [-0.25, -0.2) is 0 Å². The molecule has 3 amide bonds. The van der Waals surface area contributed by atoms with Gasteiger partial charge in [0.05, 0.1) is 0 Å². The number of amides is 3. The predicted molar refractivity (Wildman–Crippen MR) is 56.0 cm³/mol. The van der Waals surface area contributed by atoms with E-state index >= 15 is 0 Å². The van der Waals surface area contributed by atoms with Gasteiger partial charge in [-0.15, -0.1) is 0 Å². The number of carbonyl (C=O) groups is 3. The Labute approximate surface area is 93.3 Å². The Morgan fingerprint density at radius 1 is 1.31 bits per heavy atom. The largest absolute Gasteiger partial charge is 0.368 e. The molecule has 1 unspecified atom stereocenters. The van der Waals surface area contributed by atoms with Gasteiger partial charge in [-0.2, -0.15) is 0 Å². The fraction of sp³-hybridized carbons (Fsp3) is 0.667. The van der Waals surface area contributed by atoms with E-state index in [-0.39, 0.29) is 6.54 Å². The third kappa shape index (κ3) is 2.48. The maximum atomic E-state index is 11.6. The summed E-state index contributed by atoms with van der Waals surface area (Å²) in [4.78, 5) is 36.5. The lowest BCUT2D eigenvalue weighted by Gasteiger charge is -2.33. The average Bonchev–Trinajstić information content (AvgIpc) is 2.25. The number of hydrogen-bond donors (Lipinski definition) is 2. The molecular formula is C9H16N4O3. The second-order valence-electron chi connectivity index (χ2n) is 3.64. The molecule has 1 rings (SSSR count). The first-order valence-electron chi connectivity index (χ1n) is 5.10. The van der Waals surface area contributed by atoms with Crippen molar-refractivity contribution in [2.75, 3.05) is 26.2 Å². The Kier molecular flexibility index (Phi) is 3.83. The van der Waals surface area contributed by atoms with E-state index in [1.54, 1.807) is 6.92 Å². The van der Waals surface area contributed by atoms with Crippen LogP contribution in [0.3, 0.4) is 0 Å². The quantitative estimate of drug-likeness (QED) is 0.518. The van der Waals surface area contributed by atoms with Gasteiger partial charge in [-0.1, -0.05) is 0 Å². The Balaban J connectivity index is 2.62. The van der Waals surface area contributed by atoms with Gasteiger partial charge in [0.15, 0.2) is 0 Å². The molecular weight excluding hydrogens is 212 g/mol. The van der Waals surface area contributed by atoms with Crippen LogP contribution < -0.4 is 11.5 Å². The van der Waals surface area contributed by atoms with Crippen molar-refractivity contribution < 1.29 is 14.4 Å². The van der Waals surface area contributed by atoms with Crippen LogP contribution in [0.1, 0.15) is 6.92 Å². The van der Waals surface area contributed by atoms with Crippen molar-refractivity contribution in [1.29, 1.82) is 0 Å². The maximum Gasteiger partial charge on any atom is 0.312 e. The van der Waals surface area contributed by atoms with Crippen molar-refractivity contribution in [3.05, 3.63) is 0 Å². The van der Waals surface area contributed by atoms with E-state index in [0.29, 0.717) is 19.6 Å². The van der Waals surface area contributed by atoms with E-state index in [1.807, 2.05) is 0 Å². The van der Waals surface area contributed by atoms with Gasteiger partial charge in [0.25, 0.3) is 0 Å². The third-order valence-electron chi connectivity index (χ3n) is 2.56. The monoisotopic (exact) mass is 228 g/mol. The Bertz CT molecular complexity index is 318. The smallest absolute Gasteiger partial charge is 0.312 e. The van der Waals surface area contributed by atoms with E-state index in [2.05, 4.69) is 0 Å². The van der Waals surface area contributed by atoms with Gasteiger partial charge in [0, 0.05) is 26.2 Å². The maximum absolute atomic E-state index is 11.6. The predicted octanol–water partition coefficient (Wildman–Crippen LogP) is -2.51. The summed E-state index contributed by atoms with van der Waals surface area (Å²) < 4.78 is 0. The molecule has 1 saturated heterocycles. The SMILES string of the molecule is CCN1CCN(CC(N)C(N)=O)C(=O)C1=O. The zero-order valence-corrected chi connectivity index (χ0v) is 9.18. The summed E-state index contributed by atoms with van der Waals surface area (Å²) in [5.74, 6) is -1.85. The van der Waals surface area contributed by atoms with E-state index in [4.69, 9.17) is 11.5 Å². The second-order valence-corrected chi connectivity index (χ2v) is 3.64. The molecule has 90 valence electrons. The van der Waals surface area contributed by atoms with Crippen LogP contribution in [0.4, 0.5) is 0 Å². The fourth-order valence-electron chi connectivity index (χ4n) is 1.52. The van der Waals surface area contributed by atoms with Crippen molar-refractivity contribution in [2.24, 2.45) is 11.5 Å². The molecule has 0 aromatic heterocycles. The Hall–Kier alpha value is -1.63. The van der Waals surface area contributed by atoms with Crippen LogP contribution in [0, 0.1) is 0 Å². The molecule has 0 spiro atoms. The summed E-state index contributed by atoms with van der Waals surface area (Å²) in [5.41, 5.74) is 10.4. The molecule has 0 radical (unpaired) electrons. The summed E-state index contributed by atoms with van der Waals surface area (Å²) in [6, 6.07) is -0.926. The average molecular weight is 228 g/mol. The van der Waals surface area contributed by atoms with Crippen LogP contribution in [0.2, 0.25) is 0 Å². The zero-order chi connectivity index (χ0) is 12.3. The van der Waals surface area contributed by atoms with Gasteiger partial charge >= 0.3 is 11.8 Å². The fourth-order valence-corrected chi connectivity index (χ4v) is 1.52. The first-order valence-corrected chi connectivity index (χ1v) is 5.10. The number of hydrogen-bond acceptors (Lipinski definition) is 4. The summed E-state index contributed by atoms with van der Waals surface area (Å²) in [6.45, 7) is 3.15. The lowest BCUT2D eigenvalue weighted by Crippen LogP contribution is -2.58. The molecule has 1 fully saturated rings. The molecule has 1 aliphatic heterocycles. The molecule has 16 heavy (non-hydrogen) atoms. The lowest BCUT2D eigenvalue weighted by molar-refractivity contribution is -0.156. The molecule has 1 atom stereocenters. The molecule has 4 N–H and O–H groups in total. The van der Waals surface area contributed by atoms with Crippen molar-refractivity contribution in [3.8, 4) is 0 Å². The van der Waals surface area contributed by atoms with E-state index in [1.165, 1.54) is 9.80 Å². The van der Waals surface area contributed by atoms with Crippen molar-refractivity contribution in [1.82, 2.24) is 9.80 Å². The number of piperazine rings is 1. The molecule has 0 aromatic carbocycles. The minimum absolute atomic E-state index is 0.00252. The lowest BCUT2D eigenvalue weighted by atomic mass is 10.2. The summed E-state index contributed by atoms with van der Waals surface area (Å²) in [5, 5.41) is 0. The zero-order valence-electron chi connectivity index (χ0n) is 9.18. The minimum atomic E-state index is -0.926. The highest BCUT2D eigenvalue weighted by atomic mass is 16.2. The minimum Gasteiger partial charge on any atom is -0.368 e. The van der Waals surface area contributed by atoms with Crippen LogP contribution in [-0.4, -0.2) is 59.7 Å². The van der Waals surface area contributed by atoms with E-state index in [9.17, 15) is 14.4 Å². The van der Waals surface area contributed by atoms with Gasteiger partial charge in [0.2, 0.25) is 5.91 Å². The molecule has 1 heterocycles. The Morgan fingerprint density at radius 3 is 2.31 bits per heavy atom. The molecule has 0 saturated carbocycles. The number of carbonyl (C=O) groups excluding carboxylic acids is 3. The number of nitrogens with zero attached hydrogens (tertiary/aromatic N) is 2. The van der Waals surface area contributed by atoms with Crippen LogP contribution in [0.15, 0.2) is 0 Å². The first-order chi connectivity index (χ1) is 7.47. The van der Waals surface area contributed by atoms with Crippen molar-refractivity contribution >= 4 is 17.7 Å². The first kappa shape index (κ1) is 12.4. The number of nitrogens with two attached hydrogens (primary N) is 2. The second kappa shape index (κ2) is 4.93. The van der Waals surface area contributed by atoms with E-state index < -0.39 is 23.8 Å².